The van der Waals surface area contributed by atoms with Gasteiger partial charge in [0.15, 0.2) is 5.82 Å². The van der Waals surface area contributed by atoms with Crippen molar-refractivity contribution < 1.29 is 0 Å². The van der Waals surface area contributed by atoms with E-state index in [1.54, 1.807) is 0 Å². The van der Waals surface area contributed by atoms with E-state index in [4.69, 9.17) is 0 Å². The monoisotopic (exact) mass is 195 g/mol. The summed E-state index contributed by atoms with van der Waals surface area (Å²) < 4.78 is 2.01. The van der Waals surface area contributed by atoms with Crippen LogP contribution < -0.4 is 4.90 Å². The van der Waals surface area contributed by atoms with E-state index in [1.807, 2.05) is 18.5 Å². The Kier molecular flexibility index (Phi) is 3.98. The van der Waals surface area contributed by atoms with E-state index < -0.39 is 0 Å². The number of hydrogen-bond acceptors (Lipinski definition) is 2. The molecule has 1 saturated heterocycles. The minimum atomic E-state index is 0.472. The Morgan fingerprint density at radius 2 is 1.93 bits per heavy atom. The van der Waals surface area contributed by atoms with Gasteiger partial charge in [0.25, 0.3) is 0 Å². The summed E-state index contributed by atoms with van der Waals surface area (Å²) in [4.78, 5) is 2.30. The molecule has 0 aliphatic carbocycles. The van der Waals surface area contributed by atoms with Gasteiger partial charge in [0, 0.05) is 31.4 Å². The van der Waals surface area contributed by atoms with Crippen LogP contribution in [0, 0.1) is 0 Å². The van der Waals surface area contributed by atoms with Gasteiger partial charge in [-0.25, -0.2) is 0 Å². The van der Waals surface area contributed by atoms with E-state index in [9.17, 15) is 0 Å². The molecule has 0 bridgehead atoms. The van der Waals surface area contributed by atoms with Crippen molar-refractivity contribution in [1.82, 2.24) is 9.78 Å². The Morgan fingerprint density at radius 3 is 2.29 bits per heavy atom. The van der Waals surface area contributed by atoms with Crippen LogP contribution in [0.1, 0.15) is 40.2 Å². The zero-order chi connectivity index (χ0) is 10.6. The van der Waals surface area contributed by atoms with E-state index in [0.29, 0.717) is 6.04 Å². The third kappa shape index (κ3) is 2.28. The molecule has 14 heavy (non-hydrogen) atoms. The quantitative estimate of drug-likeness (QED) is 0.723. The molecule has 0 radical (unpaired) electrons. The summed E-state index contributed by atoms with van der Waals surface area (Å²) in [5, 5.41) is 4.47. The highest BCUT2D eigenvalue weighted by Gasteiger charge is 2.16. The van der Waals surface area contributed by atoms with Gasteiger partial charge in [-0.2, -0.15) is 5.10 Å². The van der Waals surface area contributed by atoms with Gasteiger partial charge in [-0.3, -0.25) is 4.68 Å². The molecule has 1 aliphatic heterocycles. The zero-order valence-corrected chi connectivity index (χ0v) is 9.70. The highest BCUT2D eigenvalue weighted by molar-refractivity contribution is 5.39. The SMILES string of the molecule is CC.CC(C)n1ccc(N2CCC2)n1. The number of nitrogens with zero attached hydrogens (tertiary/aromatic N) is 3. The zero-order valence-electron chi connectivity index (χ0n) is 9.70. The topological polar surface area (TPSA) is 21.1 Å². The standard InChI is InChI=1S/C9H15N3.C2H6/c1-8(2)12-7-4-9(10-12)11-5-3-6-11;1-2/h4,7-8H,3,5-6H2,1-2H3;1-2H3. The summed E-state index contributed by atoms with van der Waals surface area (Å²) in [6.07, 6.45) is 3.37. The van der Waals surface area contributed by atoms with Crippen LogP contribution in [-0.2, 0) is 0 Å². The molecule has 1 aromatic rings. The fourth-order valence-electron chi connectivity index (χ4n) is 1.33. The molecular weight excluding hydrogens is 174 g/mol. The van der Waals surface area contributed by atoms with Crippen LogP contribution in [0.5, 0.6) is 0 Å². The first kappa shape index (κ1) is 11.1. The molecule has 0 saturated carbocycles. The van der Waals surface area contributed by atoms with E-state index in [0.717, 1.165) is 5.82 Å². The minimum Gasteiger partial charge on any atom is -0.355 e. The molecule has 1 aromatic heterocycles. The average molecular weight is 195 g/mol. The van der Waals surface area contributed by atoms with Gasteiger partial charge in [-0.15, -0.1) is 0 Å². The number of hydrogen-bond donors (Lipinski definition) is 0. The maximum atomic E-state index is 4.47. The van der Waals surface area contributed by atoms with E-state index in [-0.39, 0.29) is 0 Å². The van der Waals surface area contributed by atoms with Crippen LogP contribution in [0.2, 0.25) is 0 Å². The summed E-state index contributed by atoms with van der Waals surface area (Å²) in [6, 6.07) is 2.57. The fraction of sp³-hybridized carbons (Fsp3) is 0.727. The predicted molar refractivity (Wildman–Crippen MR) is 60.8 cm³/mol. The molecule has 1 fully saturated rings. The lowest BCUT2D eigenvalue weighted by Gasteiger charge is -2.30. The van der Waals surface area contributed by atoms with E-state index in [1.165, 1.54) is 19.5 Å². The van der Waals surface area contributed by atoms with Crippen molar-refractivity contribution in [2.45, 2.75) is 40.2 Å². The Balaban J connectivity index is 0.000000461. The highest BCUT2D eigenvalue weighted by atomic mass is 15.4. The maximum Gasteiger partial charge on any atom is 0.150 e. The van der Waals surface area contributed by atoms with Crippen molar-refractivity contribution in [3.8, 4) is 0 Å². The first-order valence-corrected chi connectivity index (χ1v) is 5.57. The van der Waals surface area contributed by atoms with Gasteiger partial charge in [-0.05, 0) is 20.3 Å². The molecule has 0 atom stereocenters. The van der Waals surface area contributed by atoms with Crippen LogP contribution in [0.3, 0.4) is 0 Å². The predicted octanol–water partition coefficient (Wildman–Crippen LogP) is 2.70. The maximum absolute atomic E-state index is 4.47. The lowest BCUT2D eigenvalue weighted by atomic mass is 10.2. The smallest absolute Gasteiger partial charge is 0.150 e. The van der Waals surface area contributed by atoms with Gasteiger partial charge < -0.3 is 4.90 Å². The third-order valence-corrected chi connectivity index (χ3v) is 2.30. The van der Waals surface area contributed by atoms with Crippen molar-refractivity contribution in [3.63, 3.8) is 0 Å². The molecule has 0 amide bonds. The summed E-state index contributed by atoms with van der Waals surface area (Å²) in [5.74, 6) is 1.13. The summed E-state index contributed by atoms with van der Waals surface area (Å²) in [6.45, 7) is 10.6. The molecule has 0 spiro atoms. The lowest BCUT2D eigenvalue weighted by Crippen LogP contribution is -2.37. The second-order valence-electron chi connectivity index (χ2n) is 3.59. The van der Waals surface area contributed by atoms with E-state index in [2.05, 4.69) is 36.1 Å². The number of aromatic nitrogens is 2. The largest absolute Gasteiger partial charge is 0.355 e. The van der Waals surface area contributed by atoms with Crippen molar-refractivity contribution in [1.29, 1.82) is 0 Å². The Bertz CT molecular complexity index is 261. The minimum absolute atomic E-state index is 0.472. The van der Waals surface area contributed by atoms with Crippen molar-refractivity contribution in [2.24, 2.45) is 0 Å². The Hall–Kier alpha value is -0.990. The number of anilines is 1. The average Bonchev–Trinajstić information content (AvgIpc) is 2.54. The second kappa shape index (κ2) is 5.03. The number of rotatable bonds is 2. The third-order valence-electron chi connectivity index (χ3n) is 2.30. The summed E-state index contributed by atoms with van der Waals surface area (Å²) in [7, 11) is 0. The van der Waals surface area contributed by atoms with Crippen LogP contribution in [0.4, 0.5) is 5.82 Å². The fourth-order valence-corrected chi connectivity index (χ4v) is 1.33. The van der Waals surface area contributed by atoms with Crippen LogP contribution in [-0.4, -0.2) is 22.9 Å². The van der Waals surface area contributed by atoms with Crippen molar-refractivity contribution in [3.05, 3.63) is 12.3 Å². The van der Waals surface area contributed by atoms with Crippen molar-refractivity contribution in [2.75, 3.05) is 18.0 Å². The first-order valence-electron chi connectivity index (χ1n) is 5.57. The second-order valence-corrected chi connectivity index (χ2v) is 3.59. The molecule has 80 valence electrons. The normalized spacial score (nSPS) is 14.8. The Morgan fingerprint density at radius 1 is 1.29 bits per heavy atom. The first-order chi connectivity index (χ1) is 6.77. The summed E-state index contributed by atoms with van der Waals surface area (Å²) in [5.41, 5.74) is 0. The molecule has 0 unspecified atom stereocenters. The van der Waals surface area contributed by atoms with Gasteiger partial charge in [-0.1, -0.05) is 13.8 Å². The lowest BCUT2D eigenvalue weighted by molar-refractivity contribution is 0.523. The van der Waals surface area contributed by atoms with Crippen LogP contribution >= 0.6 is 0 Å². The van der Waals surface area contributed by atoms with E-state index >= 15 is 0 Å². The van der Waals surface area contributed by atoms with Crippen LogP contribution in [0.15, 0.2) is 12.3 Å². The molecular formula is C11H21N3. The molecule has 1 aliphatic rings. The van der Waals surface area contributed by atoms with Gasteiger partial charge in [0.1, 0.15) is 0 Å². The molecule has 0 N–H and O–H groups in total. The van der Waals surface area contributed by atoms with Gasteiger partial charge >= 0.3 is 0 Å². The molecule has 2 heterocycles. The molecule has 2 rings (SSSR count). The highest BCUT2D eigenvalue weighted by Crippen LogP contribution is 2.18. The van der Waals surface area contributed by atoms with Crippen LogP contribution in [0.25, 0.3) is 0 Å². The molecule has 3 heteroatoms. The molecule has 3 nitrogen and oxygen atoms in total. The Labute approximate surface area is 86.7 Å². The van der Waals surface area contributed by atoms with Gasteiger partial charge in [0.05, 0.1) is 0 Å². The van der Waals surface area contributed by atoms with Gasteiger partial charge in [0.2, 0.25) is 0 Å². The molecule has 0 aromatic carbocycles. The summed E-state index contributed by atoms with van der Waals surface area (Å²) >= 11 is 0. The van der Waals surface area contributed by atoms with Crippen molar-refractivity contribution >= 4 is 5.82 Å².